The molecule has 150 valence electrons. The highest BCUT2D eigenvalue weighted by atomic mass is 19.1. The van der Waals surface area contributed by atoms with Crippen molar-refractivity contribution in [3.63, 3.8) is 0 Å². The molecule has 4 rings (SSSR count). The normalized spacial score (nSPS) is 14.0. The molecule has 0 saturated carbocycles. The van der Waals surface area contributed by atoms with Crippen molar-refractivity contribution in [3.05, 3.63) is 108 Å². The van der Waals surface area contributed by atoms with Gasteiger partial charge in [0.25, 0.3) is 0 Å². The lowest BCUT2D eigenvalue weighted by Crippen LogP contribution is -2.30. The van der Waals surface area contributed by atoms with Gasteiger partial charge in [0.05, 0.1) is 36.9 Å². The number of hydrogen-bond donors (Lipinski definition) is 0. The van der Waals surface area contributed by atoms with Gasteiger partial charge in [-0.3, -0.25) is 9.98 Å². The topological polar surface area (TPSA) is 50.6 Å². The van der Waals surface area contributed by atoms with E-state index in [-0.39, 0.29) is 11.9 Å². The van der Waals surface area contributed by atoms with Crippen molar-refractivity contribution in [2.45, 2.75) is 12.5 Å². The average Bonchev–Trinajstić information content (AvgIpc) is 3.08. The molecule has 5 nitrogen and oxygen atoms in total. The number of aromatic nitrogens is 2. The first-order valence-electron chi connectivity index (χ1n) is 9.59. The highest BCUT2D eigenvalue weighted by molar-refractivity contribution is 5.86. The second kappa shape index (κ2) is 9.13. The Morgan fingerprint density at radius 2 is 1.87 bits per heavy atom. The maximum atomic E-state index is 13.7. The van der Waals surface area contributed by atoms with Crippen LogP contribution in [0.5, 0.6) is 5.88 Å². The van der Waals surface area contributed by atoms with Gasteiger partial charge in [-0.25, -0.2) is 9.37 Å². The van der Waals surface area contributed by atoms with Crippen molar-refractivity contribution < 1.29 is 9.13 Å². The Labute approximate surface area is 174 Å². The number of pyridine rings is 2. The number of halogens is 1. The Balaban J connectivity index is 1.89. The van der Waals surface area contributed by atoms with Crippen molar-refractivity contribution in [2.24, 2.45) is 4.99 Å². The second-order valence-corrected chi connectivity index (χ2v) is 6.70. The standard InChI is InChI=1S/C24H21FN4O/c1-30-23-12-9-19(15-28-23)24(18-7-10-20(25)11-8-18)29(22-6-4-14-27-17-22)21-5-2-3-13-26-16-21/h3-17,24H,2H2,1H3. The zero-order valence-electron chi connectivity index (χ0n) is 16.5. The van der Waals surface area contributed by atoms with Gasteiger partial charge in [0.15, 0.2) is 0 Å². The van der Waals surface area contributed by atoms with Crippen molar-refractivity contribution >= 4 is 11.9 Å². The summed E-state index contributed by atoms with van der Waals surface area (Å²) in [6.07, 6.45) is 13.8. The van der Waals surface area contributed by atoms with Crippen LogP contribution in [0, 0.1) is 5.82 Å². The summed E-state index contributed by atoms with van der Waals surface area (Å²) in [5, 5.41) is 0. The summed E-state index contributed by atoms with van der Waals surface area (Å²) in [7, 11) is 1.58. The van der Waals surface area contributed by atoms with Crippen LogP contribution in [0.15, 0.2) is 96.2 Å². The van der Waals surface area contributed by atoms with Gasteiger partial charge in [-0.2, -0.15) is 0 Å². The summed E-state index contributed by atoms with van der Waals surface area (Å²) in [6.45, 7) is 0. The molecule has 0 amide bonds. The van der Waals surface area contributed by atoms with E-state index in [0.717, 1.165) is 28.9 Å². The molecule has 3 aromatic rings. The van der Waals surface area contributed by atoms with Crippen molar-refractivity contribution in [1.82, 2.24) is 9.97 Å². The van der Waals surface area contributed by atoms with E-state index >= 15 is 0 Å². The smallest absolute Gasteiger partial charge is 0.212 e. The van der Waals surface area contributed by atoms with E-state index in [9.17, 15) is 4.39 Å². The van der Waals surface area contributed by atoms with E-state index in [1.807, 2.05) is 36.6 Å². The number of benzene rings is 1. The largest absolute Gasteiger partial charge is 0.481 e. The Morgan fingerprint density at radius 1 is 1.03 bits per heavy atom. The second-order valence-electron chi connectivity index (χ2n) is 6.70. The van der Waals surface area contributed by atoms with Gasteiger partial charge in [0, 0.05) is 24.7 Å². The fourth-order valence-electron chi connectivity index (χ4n) is 3.40. The number of rotatable bonds is 6. The third kappa shape index (κ3) is 4.27. The van der Waals surface area contributed by atoms with Gasteiger partial charge < -0.3 is 9.64 Å². The molecule has 1 atom stereocenters. The van der Waals surface area contributed by atoms with E-state index in [0.29, 0.717) is 5.88 Å². The Morgan fingerprint density at radius 3 is 2.57 bits per heavy atom. The molecule has 1 aromatic carbocycles. The van der Waals surface area contributed by atoms with E-state index in [4.69, 9.17) is 4.74 Å². The van der Waals surface area contributed by atoms with Crippen LogP contribution in [0.3, 0.4) is 0 Å². The number of anilines is 1. The van der Waals surface area contributed by atoms with Crippen LogP contribution in [0.2, 0.25) is 0 Å². The minimum absolute atomic E-state index is 0.274. The fraction of sp³-hybridized carbons (Fsp3) is 0.125. The number of hydrogen-bond acceptors (Lipinski definition) is 5. The SMILES string of the molecule is COc1ccc(C(c2ccc(F)cc2)N(C2=CCC=CN=C2)c2cccnc2)cn1. The molecule has 0 fully saturated rings. The van der Waals surface area contributed by atoms with Crippen LogP contribution in [0.1, 0.15) is 23.6 Å². The van der Waals surface area contributed by atoms with Crippen molar-refractivity contribution in [1.29, 1.82) is 0 Å². The number of methoxy groups -OCH3 is 1. The average molecular weight is 400 g/mol. The monoisotopic (exact) mass is 400 g/mol. The zero-order valence-corrected chi connectivity index (χ0v) is 16.5. The van der Waals surface area contributed by atoms with Crippen LogP contribution < -0.4 is 9.64 Å². The fourth-order valence-corrected chi connectivity index (χ4v) is 3.40. The first kappa shape index (κ1) is 19.5. The summed E-state index contributed by atoms with van der Waals surface area (Å²) in [5.74, 6) is 0.252. The van der Waals surface area contributed by atoms with Crippen LogP contribution in [0.25, 0.3) is 0 Å². The minimum atomic E-state index is -0.280. The number of allylic oxidation sites excluding steroid dienone is 3. The number of nitrogens with zero attached hydrogens (tertiary/aromatic N) is 4. The van der Waals surface area contributed by atoms with Crippen LogP contribution in [0.4, 0.5) is 10.1 Å². The highest BCUT2D eigenvalue weighted by Crippen LogP contribution is 2.36. The van der Waals surface area contributed by atoms with Crippen LogP contribution >= 0.6 is 0 Å². The first-order chi connectivity index (χ1) is 14.8. The quantitative estimate of drug-likeness (QED) is 0.578. The maximum Gasteiger partial charge on any atom is 0.212 e. The van der Waals surface area contributed by atoms with Crippen LogP contribution in [-0.4, -0.2) is 23.3 Å². The molecule has 0 radical (unpaired) electrons. The van der Waals surface area contributed by atoms with Gasteiger partial charge in [-0.05, 0) is 47.9 Å². The summed E-state index contributed by atoms with van der Waals surface area (Å²) in [6, 6.07) is 13.9. The first-order valence-corrected chi connectivity index (χ1v) is 9.59. The predicted octanol–water partition coefficient (Wildman–Crippen LogP) is 5.09. The van der Waals surface area contributed by atoms with E-state index in [2.05, 4.69) is 25.9 Å². The third-order valence-corrected chi connectivity index (χ3v) is 4.79. The van der Waals surface area contributed by atoms with E-state index in [1.54, 1.807) is 44.0 Å². The molecule has 0 N–H and O–H groups in total. The molecule has 1 unspecified atom stereocenters. The summed E-state index contributed by atoms with van der Waals surface area (Å²) in [4.78, 5) is 15.2. The Kier molecular flexibility index (Phi) is 5.94. The maximum absolute atomic E-state index is 13.7. The van der Waals surface area contributed by atoms with E-state index < -0.39 is 0 Å². The molecule has 0 aliphatic carbocycles. The van der Waals surface area contributed by atoms with Gasteiger partial charge in [-0.15, -0.1) is 0 Å². The summed E-state index contributed by atoms with van der Waals surface area (Å²) in [5.41, 5.74) is 3.65. The van der Waals surface area contributed by atoms with Crippen molar-refractivity contribution in [3.8, 4) is 5.88 Å². The number of aliphatic imine (C=N–C) groups is 1. The van der Waals surface area contributed by atoms with E-state index in [1.165, 1.54) is 12.1 Å². The Bertz CT molecular complexity index is 1060. The zero-order chi connectivity index (χ0) is 20.8. The third-order valence-electron chi connectivity index (χ3n) is 4.79. The molecule has 1 aliphatic rings. The minimum Gasteiger partial charge on any atom is -0.481 e. The lowest BCUT2D eigenvalue weighted by atomic mass is 9.97. The van der Waals surface area contributed by atoms with Gasteiger partial charge >= 0.3 is 0 Å². The lowest BCUT2D eigenvalue weighted by molar-refractivity contribution is 0.397. The highest BCUT2D eigenvalue weighted by Gasteiger charge is 2.26. The molecule has 0 spiro atoms. The van der Waals surface area contributed by atoms with Crippen LogP contribution in [-0.2, 0) is 0 Å². The van der Waals surface area contributed by atoms with Crippen molar-refractivity contribution in [2.75, 3.05) is 12.0 Å². The molecular weight excluding hydrogens is 379 g/mol. The molecule has 0 bridgehead atoms. The molecule has 30 heavy (non-hydrogen) atoms. The van der Waals surface area contributed by atoms with Gasteiger partial charge in [0.1, 0.15) is 5.82 Å². The predicted molar refractivity (Wildman–Crippen MR) is 116 cm³/mol. The van der Waals surface area contributed by atoms with Gasteiger partial charge in [-0.1, -0.05) is 24.3 Å². The molecular formula is C24H21FN4O. The molecule has 3 heterocycles. The molecule has 6 heteroatoms. The lowest BCUT2D eigenvalue weighted by Gasteiger charge is -2.34. The molecule has 1 aliphatic heterocycles. The molecule has 0 saturated heterocycles. The van der Waals surface area contributed by atoms with Gasteiger partial charge in [0.2, 0.25) is 5.88 Å². The summed E-state index contributed by atoms with van der Waals surface area (Å²) < 4.78 is 18.9. The number of ether oxygens (including phenoxy) is 1. The summed E-state index contributed by atoms with van der Waals surface area (Å²) >= 11 is 0. The molecule has 2 aromatic heterocycles. The Hall–Kier alpha value is -3.80.